The quantitative estimate of drug-likeness (QED) is 0.748. The van der Waals surface area contributed by atoms with Crippen LogP contribution in [0.1, 0.15) is 63.5 Å². The minimum absolute atomic E-state index is 0.0131. The predicted molar refractivity (Wildman–Crippen MR) is 87.3 cm³/mol. The topological polar surface area (TPSA) is 69.4 Å². The number of ether oxygens (including phenoxy) is 1. The summed E-state index contributed by atoms with van der Waals surface area (Å²) in [5.74, 6) is 1.75. The van der Waals surface area contributed by atoms with Crippen LogP contribution in [0, 0.1) is 0 Å². The minimum atomic E-state index is -3.37. The molecule has 0 saturated carbocycles. The molecule has 0 amide bonds. The second kappa shape index (κ2) is 7.80. The van der Waals surface area contributed by atoms with Crippen LogP contribution in [0.25, 0.3) is 0 Å². The van der Waals surface area contributed by atoms with Gasteiger partial charge in [-0.2, -0.15) is 0 Å². The molecule has 1 aromatic carbocycles. The van der Waals surface area contributed by atoms with Gasteiger partial charge in [-0.1, -0.05) is 45.9 Å². The zero-order valence-corrected chi connectivity index (χ0v) is 14.2. The van der Waals surface area contributed by atoms with Gasteiger partial charge in [0.1, 0.15) is 5.75 Å². The summed E-state index contributed by atoms with van der Waals surface area (Å²) in [6.07, 6.45) is 1.21. The monoisotopic (exact) mass is 313 g/mol. The Morgan fingerprint density at radius 2 is 1.57 bits per heavy atom. The molecule has 0 aliphatic heterocycles. The highest BCUT2D eigenvalue weighted by Gasteiger charge is 2.14. The van der Waals surface area contributed by atoms with E-state index >= 15 is 0 Å². The Bertz CT molecular complexity index is 524. The molecule has 0 unspecified atom stereocenters. The van der Waals surface area contributed by atoms with Crippen molar-refractivity contribution in [2.24, 2.45) is 5.14 Å². The molecule has 0 heterocycles. The first-order valence-electron chi connectivity index (χ1n) is 7.48. The number of sulfonamides is 1. The van der Waals surface area contributed by atoms with Crippen LogP contribution in [-0.4, -0.2) is 20.8 Å². The van der Waals surface area contributed by atoms with Crippen LogP contribution in [0.3, 0.4) is 0 Å². The van der Waals surface area contributed by atoms with Crippen molar-refractivity contribution in [3.05, 3.63) is 29.3 Å². The fraction of sp³-hybridized carbons (Fsp3) is 0.625. The standard InChI is InChI=1S/C16H27NO3S/c1-12(2)14-8-7-9-15(13(3)4)16(14)20-10-5-6-11-21(17,18)19/h7-9,12-13H,5-6,10-11H2,1-4H3,(H2,17,18,19). The maximum absolute atomic E-state index is 10.9. The van der Waals surface area contributed by atoms with E-state index in [2.05, 4.69) is 45.9 Å². The third-order valence-electron chi connectivity index (χ3n) is 3.39. The van der Waals surface area contributed by atoms with Gasteiger partial charge in [0.15, 0.2) is 0 Å². The van der Waals surface area contributed by atoms with E-state index in [0.29, 0.717) is 31.3 Å². The van der Waals surface area contributed by atoms with E-state index in [1.807, 2.05) is 0 Å². The second-order valence-corrected chi connectivity index (χ2v) is 7.73. The summed E-state index contributed by atoms with van der Waals surface area (Å²) < 4.78 is 27.7. The van der Waals surface area contributed by atoms with Crippen LogP contribution in [0.4, 0.5) is 0 Å². The Balaban J connectivity index is 2.72. The van der Waals surface area contributed by atoms with Gasteiger partial charge in [-0.3, -0.25) is 0 Å². The molecule has 2 N–H and O–H groups in total. The largest absolute Gasteiger partial charge is 0.493 e. The molecule has 4 nitrogen and oxygen atoms in total. The van der Waals surface area contributed by atoms with Crippen LogP contribution in [0.15, 0.2) is 18.2 Å². The fourth-order valence-corrected chi connectivity index (χ4v) is 2.84. The third kappa shape index (κ3) is 6.06. The Morgan fingerprint density at radius 1 is 1.05 bits per heavy atom. The van der Waals surface area contributed by atoms with E-state index in [1.165, 1.54) is 11.1 Å². The zero-order chi connectivity index (χ0) is 16.0. The van der Waals surface area contributed by atoms with Crippen molar-refractivity contribution < 1.29 is 13.2 Å². The van der Waals surface area contributed by atoms with Crippen LogP contribution in [0.5, 0.6) is 5.75 Å². The number of benzene rings is 1. The molecule has 0 atom stereocenters. The van der Waals surface area contributed by atoms with Gasteiger partial charge >= 0.3 is 0 Å². The lowest BCUT2D eigenvalue weighted by molar-refractivity contribution is 0.301. The highest BCUT2D eigenvalue weighted by atomic mass is 32.2. The Hall–Kier alpha value is -1.07. The molecule has 21 heavy (non-hydrogen) atoms. The van der Waals surface area contributed by atoms with Crippen LogP contribution in [-0.2, 0) is 10.0 Å². The van der Waals surface area contributed by atoms with Crippen molar-refractivity contribution in [1.82, 2.24) is 0 Å². The lowest BCUT2D eigenvalue weighted by Crippen LogP contribution is -2.17. The second-order valence-electron chi connectivity index (χ2n) is 6.00. The van der Waals surface area contributed by atoms with Gasteiger partial charge in [0.2, 0.25) is 10.0 Å². The van der Waals surface area contributed by atoms with E-state index in [-0.39, 0.29) is 5.75 Å². The van der Waals surface area contributed by atoms with E-state index in [9.17, 15) is 8.42 Å². The lowest BCUT2D eigenvalue weighted by Gasteiger charge is -2.20. The van der Waals surface area contributed by atoms with Crippen molar-refractivity contribution in [3.63, 3.8) is 0 Å². The maximum Gasteiger partial charge on any atom is 0.209 e. The first-order chi connectivity index (χ1) is 9.72. The average Bonchev–Trinajstić information content (AvgIpc) is 2.36. The van der Waals surface area contributed by atoms with Crippen molar-refractivity contribution in [2.45, 2.75) is 52.4 Å². The Kier molecular flexibility index (Phi) is 6.68. The number of rotatable bonds is 8. The van der Waals surface area contributed by atoms with Gasteiger partial charge in [0.25, 0.3) is 0 Å². The molecule has 1 rings (SSSR count). The molecule has 0 spiro atoms. The molecule has 0 radical (unpaired) electrons. The predicted octanol–water partition coefficient (Wildman–Crippen LogP) is 3.38. The average molecular weight is 313 g/mol. The summed E-state index contributed by atoms with van der Waals surface area (Å²) in [5, 5.41) is 4.99. The first-order valence-corrected chi connectivity index (χ1v) is 9.20. The number of hydrogen-bond donors (Lipinski definition) is 1. The van der Waals surface area contributed by atoms with Crippen molar-refractivity contribution in [3.8, 4) is 5.75 Å². The van der Waals surface area contributed by atoms with Crippen molar-refractivity contribution in [1.29, 1.82) is 0 Å². The third-order valence-corrected chi connectivity index (χ3v) is 4.25. The van der Waals surface area contributed by atoms with Crippen LogP contribution >= 0.6 is 0 Å². The molecule has 0 aromatic heterocycles. The van der Waals surface area contributed by atoms with E-state index in [4.69, 9.17) is 9.88 Å². The molecule has 0 bridgehead atoms. The number of para-hydroxylation sites is 1. The molecule has 0 fully saturated rings. The normalized spacial score (nSPS) is 12.1. The maximum atomic E-state index is 10.9. The molecular weight excluding hydrogens is 286 g/mol. The molecular formula is C16H27NO3S. The Labute approximate surface area is 128 Å². The smallest absolute Gasteiger partial charge is 0.209 e. The molecule has 120 valence electrons. The highest BCUT2D eigenvalue weighted by Crippen LogP contribution is 2.34. The molecule has 1 aromatic rings. The summed E-state index contributed by atoms with van der Waals surface area (Å²) in [5.41, 5.74) is 2.40. The number of unbranched alkanes of at least 4 members (excludes halogenated alkanes) is 1. The van der Waals surface area contributed by atoms with Gasteiger partial charge in [-0.05, 0) is 35.8 Å². The van der Waals surface area contributed by atoms with Gasteiger partial charge in [0, 0.05) is 0 Å². The first kappa shape index (κ1) is 18.0. The molecule has 0 saturated heterocycles. The van der Waals surface area contributed by atoms with E-state index in [0.717, 1.165) is 5.75 Å². The van der Waals surface area contributed by atoms with Gasteiger partial charge in [-0.25, -0.2) is 13.6 Å². The summed E-state index contributed by atoms with van der Waals surface area (Å²) in [7, 11) is -3.37. The zero-order valence-electron chi connectivity index (χ0n) is 13.4. The fourth-order valence-electron chi connectivity index (χ4n) is 2.23. The number of primary sulfonamides is 1. The summed E-state index contributed by atoms with van der Waals surface area (Å²) in [6.45, 7) is 9.10. The highest BCUT2D eigenvalue weighted by molar-refractivity contribution is 7.89. The minimum Gasteiger partial charge on any atom is -0.493 e. The van der Waals surface area contributed by atoms with Crippen molar-refractivity contribution in [2.75, 3.05) is 12.4 Å². The van der Waals surface area contributed by atoms with E-state index in [1.54, 1.807) is 0 Å². The number of nitrogens with two attached hydrogens (primary N) is 1. The lowest BCUT2D eigenvalue weighted by atomic mass is 9.94. The molecule has 5 heteroatoms. The molecule has 0 aliphatic rings. The van der Waals surface area contributed by atoms with Crippen LogP contribution in [0.2, 0.25) is 0 Å². The van der Waals surface area contributed by atoms with Gasteiger partial charge < -0.3 is 4.74 Å². The summed E-state index contributed by atoms with van der Waals surface area (Å²) in [6, 6.07) is 6.25. The van der Waals surface area contributed by atoms with E-state index < -0.39 is 10.0 Å². The summed E-state index contributed by atoms with van der Waals surface area (Å²) in [4.78, 5) is 0. The SMILES string of the molecule is CC(C)c1cccc(C(C)C)c1OCCCCS(N)(=O)=O. The van der Waals surface area contributed by atoms with Crippen molar-refractivity contribution >= 4 is 10.0 Å². The number of hydrogen-bond acceptors (Lipinski definition) is 3. The Morgan fingerprint density at radius 3 is 2.00 bits per heavy atom. The van der Waals surface area contributed by atoms with Gasteiger partial charge in [0.05, 0.1) is 12.4 Å². The molecule has 0 aliphatic carbocycles. The van der Waals surface area contributed by atoms with Gasteiger partial charge in [-0.15, -0.1) is 0 Å². The van der Waals surface area contributed by atoms with Crippen LogP contribution < -0.4 is 9.88 Å². The summed E-state index contributed by atoms with van der Waals surface area (Å²) >= 11 is 0.